The molecule has 0 aromatic heterocycles. The van der Waals surface area contributed by atoms with E-state index in [0.29, 0.717) is 12.5 Å². The summed E-state index contributed by atoms with van der Waals surface area (Å²) in [6.07, 6.45) is 3.77. The summed E-state index contributed by atoms with van der Waals surface area (Å²) in [6, 6.07) is 4.17. The van der Waals surface area contributed by atoms with Gasteiger partial charge in [0.15, 0.2) is 0 Å². The first-order chi connectivity index (χ1) is 8.15. The Balaban J connectivity index is 2.47. The van der Waals surface area contributed by atoms with Gasteiger partial charge in [0.1, 0.15) is 11.6 Å². The molecule has 96 valence electrons. The van der Waals surface area contributed by atoms with Crippen LogP contribution in [0, 0.1) is 11.6 Å². The predicted molar refractivity (Wildman–Crippen MR) is 67.1 cm³/mol. The van der Waals surface area contributed by atoms with Crippen molar-refractivity contribution in [2.75, 3.05) is 6.54 Å². The lowest BCUT2D eigenvalue weighted by atomic mass is 10.0. The monoisotopic (exact) mass is 241 g/mol. The van der Waals surface area contributed by atoms with Gasteiger partial charge in [0.25, 0.3) is 0 Å². The maximum absolute atomic E-state index is 13.0. The van der Waals surface area contributed by atoms with Gasteiger partial charge >= 0.3 is 0 Å². The molecular weight excluding hydrogens is 220 g/mol. The average molecular weight is 241 g/mol. The minimum Gasteiger partial charge on any atom is -0.314 e. The Labute approximate surface area is 102 Å². The highest BCUT2D eigenvalue weighted by molar-refractivity contribution is 5.18. The molecule has 0 bridgehead atoms. The number of halogens is 2. The second kappa shape index (κ2) is 7.38. The van der Waals surface area contributed by atoms with Crippen LogP contribution in [0.1, 0.15) is 38.7 Å². The summed E-state index contributed by atoms with van der Waals surface area (Å²) in [5.41, 5.74) is 0.735. The van der Waals surface area contributed by atoms with Gasteiger partial charge in [-0.05, 0) is 49.9 Å². The number of aryl methyl sites for hydroxylation is 1. The van der Waals surface area contributed by atoms with E-state index in [1.807, 2.05) is 0 Å². The van der Waals surface area contributed by atoms with Gasteiger partial charge in [0.2, 0.25) is 0 Å². The standard InChI is InChI=1S/C14H21F2N/c1-3-7-17-14(4-2)6-5-11-8-12(15)10-13(16)9-11/h8-10,14,17H,3-7H2,1-2H3. The molecule has 0 fully saturated rings. The summed E-state index contributed by atoms with van der Waals surface area (Å²) in [5, 5.41) is 3.43. The van der Waals surface area contributed by atoms with Crippen molar-refractivity contribution in [2.45, 2.75) is 45.6 Å². The van der Waals surface area contributed by atoms with Gasteiger partial charge in [-0.3, -0.25) is 0 Å². The minimum absolute atomic E-state index is 0.432. The van der Waals surface area contributed by atoms with E-state index < -0.39 is 11.6 Å². The van der Waals surface area contributed by atoms with Gasteiger partial charge in [-0.25, -0.2) is 8.78 Å². The lowest BCUT2D eigenvalue weighted by molar-refractivity contribution is 0.467. The molecule has 0 radical (unpaired) electrons. The Bertz CT molecular complexity index is 319. The second-order valence-electron chi connectivity index (χ2n) is 4.38. The fourth-order valence-electron chi connectivity index (χ4n) is 1.90. The molecule has 0 saturated heterocycles. The summed E-state index contributed by atoms with van der Waals surface area (Å²) in [7, 11) is 0. The molecule has 17 heavy (non-hydrogen) atoms. The average Bonchev–Trinajstić information content (AvgIpc) is 2.28. The highest BCUT2D eigenvalue weighted by atomic mass is 19.1. The molecule has 0 heterocycles. The topological polar surface area (TPSA) is 12.0 Å². The third-order valence-electron chi connectivity index (χ3n) is 2.88. The van der Waals surface area contributed by atoms with Crippen molar-refractivity contribution in [3.63, 3.8) is 0 Å². The maximum atomic E-state index is 13.0. The predicted octanol–water partition coefficient (Wildman–Crippen LogP) is 3.68. The van der Waals surface area contributed by atoms with Crippen molar-refractivity contribution in [2.24, 2.45) is 0 Å². The fraction of sp³-hybridized carbons (Fsp3) is 0.571. The van der Waals surface area contributed by atoms with Crippen LogP contribution in [-0.4, -0.2) is 12.6 Å². The Hall–Kier alpha value is -0.960. The Morgan fingerprint density at radius 1 is 1.12 bits per heavy atom. The largest absolute Gasteiger partial charge is 0.314 e. The van der Waals surface area contributed by atoms with E-state index in [2.05, 4.69) is 19.2 Å². The quantitative estimate of drug-likeness (QED) is 0.768. The summed E-state index contributed by atoms with van der Waals surface area (Å²) < 4.78 is 26.0. The third-order valence-corrected chi connectivity index (χ3v) is 2.88. The van der Waals surface area contributed by atoms with E-state index in [0.717, 1.165) is 37.4 Å². The van der Waals surface area contributed by atoms with Crippen LogP contribution in [0.2, 0.25) is 0 Å². The Morgan fingerprint density at radius 3 is 2.29 bits per heavy atom. The normalized spacial score (nSPS) is 12.7. The molecule has 0 amide bonds. The van der Waals surface area contributed by atoms with Crippen LogP contribution < -0.4 is 5.32 Å². The SMILES string of the molecule is CCCNC(CC)CCc1cc(F)cc(F)c1. The highest BCUT2D eigenvalue weighted by Crippen LogP contribution is 2.12. The molecule has 0 aliphatic rings. The van der Waals surface area contributed by atoms with Crippen molar-refractivity contribution >= 4 is 0 Å². The molecule has 1 aromatic carbocycles. The van der Waals surface area contributed by atoms with E-state index in [1.54, 1.807) is 0 Å². The van der Waals surface area contributed by atoms with Crippen molar-refractivity contribution in [3.8, 4) is 0 Å². The van der Waals surface area contributed by atoms with E-state index in [4.69, 9.17) is 0 Å². The second-order valence-corrected chi connectivity index (χ2v) is 4.38. The van der Waals surface area contributed by atoms with Crippen LogP contribution in [0.3, 0.4) is 0 Å². The van der Waals surface area contributed by atoms with E-state index in [9.17, 15) is 8.78 Å². The molecular formula is C14H21F2N. The first kappa shape index (κ1) is 14.1. The van der Waals surface area contributed by atoms with Crippen LogP contribution in [0.4, 0.5) is 8.78 Å². The number of rotatable bonds is 7. The van der Waals surface area contributed by atoms with Crippen LogP contribution in [0.5, 0.6) is 0 Å². The molecule has 1 rings (SSSR count). The molecule has 1 atom stereocenters. The van der Waals surface area contributed by atoms with E-state index >= 15 is 0 Å². The van der Waals surface area contributed by atoms with Crippen molar-refractivity contribution < 1.29 is 8.78 Å². The molecule has 0 aliphatic carbocycles. The molecule has 0 aliphatic heterocycles. The first-order valence-corrected chi connectivity index (χ1v) is 6.34. The van der Waals surface area contributed by atoms with E-state index in [1.165, 1.54) is 12.1 Å². The summed E-state index contributed by atoms with van der Waals surface area (Å²) in [5.74, 6) is -0.982. The Kier molecular flexibility index (Phi) is 6.12. The zero-order chi connectivity index (χ0) is 12.7. The third kappa shape index (κ3) is 5.26. The number of nitrogens with one attached hydrogen (secondary N) is 1. The van der Waals surface area contributed by atoms with Gasteiger partial charge in [-0.2, -0.15) is 0 Å². The summed E-state index contributed by atoms with van der Waals surface area (Å²) in [6.45, 7) is 5.25. The molecule has 0 spiro atoms. The highest BCUT2D eigenvalue weighted by Gasteiger charge is 2.06. The molecule has 1 aromatic rings. The van der Waals surface area contributed by atoms with Gasteiger partial charge in [0, 0.05) is 12.1 Å². The molecule has 3 heteroatoms. The van der Waals surface area contributed by atoms with Crippen molar-refractivity contribution in [1.82, 2.24) is 5.32 Å². The zero-order valence-corrected chi connectivity index (χ0v) is 10.6. The summed E-state index contributed by atoms with van der Waals surface area (Å²) >= 11 is 0. The molecule has 1 N–H and O–H groups in total. The van der Waals surface area contributed by atoms with Gasteiger partial charge in [0.05, 0.1) is 0 Å². The van der Waals surface area contributed by atoms with Crippen LogP contribution in [0.25, 0.3) is 0 Å². The molecule has 1 unspecified atom stereocenters. The zero-order valence-electron chi connectivity index (χ0n) is 10.6. The van der Waals surface area contributed by atoms with Gasteiger partial charge < -0.3 is 5.32 Å². The van der Waals surface area contributed by atoms with Crippen LogP contribution in [-0.2, 0) is 6.42 Å². The van der Waals surface area contributed by atoms with Gasteiger partial charge in [-0.1, -0.05) is 13.8 Å². The lowest BCUT2D eigenvalue weighted by Crippen LogP contribution is -2.29. The van der Waals surface area contributed by atoms with Crippen molar-refractivity contribution in [3.05, 3.63) is 35.4 Å². The first-order valence-electron chi connectivity index (χ1n) is 6.34. The fourth-order valence-corrected chi connectivity index (χ4v) is 1.90. The van der Waals surface area contributed by atoms with Crippen LogP contribution in [0.15, 0.2) is 18.2 Å². The maximum Gasteiger partial charge on any atom is 0.126 e. The lowest BCUT2D eigenvalue weighted by Gasteiger charge is -2.16. The van der Waals surface area contributed by atoms with Gasteiger partial charge in [-0.15, -0.1) is 0 Å². The number of hydrogen-bond donors (Lipinski definition) is 1. The summed E-state index contributed by atoms with van der Waals surface area (Å²) in [4.78, 5) is 0. The van der Waals surface area contributed by atoms with Crippen LogP contribution >= 0.6 is 0 Å². The van der Waals surface area contributed by atoms with E-state index in [-0.39, 0.29) is 0 Å². The number of hydrogen-bond acceptors (Lipinski definition) is 1. The van der Waals surface area contributed by atoms with Crippen molar-refractivity contribution in [1.29, 1.82) is 0 Å². The Morgan fingerprint density at radius 2 is 1.76 bits per heavy atom. The molecule has 0 saturated carbocycles. The smallest absolute Gasteiger partial charge is 0.126 e. The number of benzene rings is 1. The molecule has 1 nitrogen and oxygen atoms in total. The minimum atomic E-state index is -0.491.